The van der Waals surface area contributed by atoms with E-state index >= 15 is 0 Å². The monoisotopic (exact) mass is 145 g/mol. The Hall–Kier alpha value is -0.290. The Balaban J connectivity index is 3.61. The standard InChI is InChI=1S/C4H4BrN/c1-4(3-5)6-2/h3H,1H3. The van der Waals surface area contributed by atoms with Gasteiger partial charge in [-0.2, -0.15) is 0 Å². The molecule has 0 spiro atoms. The fourth-order valence-electron chi connectivity index (χ4n) is 0.0244. The summed E-state index contributed by atoms with van der Waals surface area (Å²) < 4.78 is 0. The molecular weight excluding hydrogens is 142 g/mol. The molecule has 6 heavy (non-hydrogen) atoms. The molecule has 0 aromatic heterocycles. The first-order valence-corrected chi connectivity index (χ1v) is 2.37. The van der Waals surface area contributed by atoms with E-state index in [4.69, 9.17) is 6.57 Å². The summed E-state index contributed by atoms with van der Waals surface area (Å²) in [7, 11) is 0. The average Bonchev–Trinajstić information content (AvgIpc) is 1.65. The smallest absolute Gasteiger partial charge is 0.169 e. The second-order valence-corrected chi connectivity index (χ2v) is 1.32. The summed E-state index contributed by atoms with van der Waals surface area (Å²) in [6.07, 6.45) is 0. The predicted molar refractivity (Wildman–Crippen MR) is 29.3 cm³/mol. The highest BCUT2D eigenvalue weighted by Gasteiger charge is 1.73. The van der Waals surface area contributed by atoms with E-state index in [2.05, 4.69) is 20.8 Å². The number of rotatable bonds is 0. The van der Waals surface area contributed by atoms with Gasteiger partial charge in [0.2, 0.25) is 0 Å². The van der Waals surface area contributed by atoms with Crippen molar-refractivity contribution in [1.82, 2.24) is 0 Å². The van der Waals surface area contributed by atoms with E-state index in [1.165, 1.54) is 0 Å². The number of allylic oxidation sites excluding steroid dienone is 1. The Morgan fingerprint density at radius 3 is 2.50 bits per heavy atom. The Morgan fingerprint density at radius 1 is 2.00 bits per heavy atom. The van der Waals surface area contributed by atoms with Crippen LogP contribution in [-0.2, 0) is 0 Å². The van der Waals surface area contributed by atoms with E-state index in [1.807, 2.05) is 0 Å². The molecule has 0 radical (unpaired) electrons. The summed E-state index contributed by atoms with van der Waals surface area (Å²) in [5.41, 5.74) is 0.676. The number of hydrogen-bond donors (Lipinski definition) is 0. The first kappa shape index (κ1) is 5.71. The third-order valence-corrected chi connectivity index (χ3v) is 0.997. The molecule has 0 amide bonds. The van der Waals surface area contributed by atoms with Gasteiger partial charge in [-0.1, -0.05) is 15.9 Å². The van der Waals surface area contributed by atoms with E-state index in [0.717, 1.165) is 0 Å². The predicted octanol–water partition coefficient (Wildman–Crippen LogP) is 2.16. The third kappa shape index (κ3) is 1.98. The zero-order chi connectivity index (χ0) is 4.99. The van der Waals surface area contributed by atoms with Gasteiger partial charge in [0.15, 0.2) is 5.70 Å². The van der Waals surface area contributed by atoms with E-state index in [0.29, 0.717) is 5.70 Å². The maximum Gasteiger partial charge on any atom is 0.169 e. The highest BCUT2D eigenvalue weighted by molar-refractivity contribution is 9.11. The largest absolute Gasteiger partial charge is 0.242 e. The minimum atomic E-state index is 0.676. The van der Waals surface area contributed by atoms with E-state index < -0.39 is 0 Å². The van der Waals surface area contributed by atoms with Gasteiger partial charge in [0.05, 0.1) is 6.57 Å². The summed E-state index contributed by atoms with van der Waals surface area (Å²) in [6, 6.07) is 0. The first-order chi connectivity index (χ1) is 2.81. The first-order valence-electron chi connectivity index (χ1n) is 1.45. The molecule has 0 aliphatic heterocycles. The lowest BCUT2D eigenvalue weighted by atomic mass is 10.6. The maximum atomic E-state index is 6.34. The van der Waals surface area contributed by atoms with Crippen molar-refractivity contribution >= 4 is 15.9 Å². The van der Waals surface area contributed by atoms with Crippen LogP contribution in [0.4, 0.5) is 0 Å². The highest BCUT2D eigenvalue weighted by atomic mass is 79.9. The normalized spacial score (nSPS) is 10.5. The molecule has 0 aromatic carbocycles. The minimum Gasteiger partial charge on any atom is -0.242 e. The molecule has 0 fully saturated rings. The molecule has 0 saturated heterocycles. The minimum absolute atomic E-state index is 0.676. The summed E-state index contributed by atoms with van der Waals surface area (Å²) in [5, 5.41) is 0. The molecule has 0 rings (SSSR count). The Bertz CT molecular complexity index is 98.6. The number of halogens is 1. The van der Waals surface area contributed by atoms with Gasteiger partial charge in [0.1, 0.15) is 0 Å². The molecule has 0 saturated carbocycles. The van der Waals surface area contributed by atoms with Gasteiger partial charge in [-0.15, -0.1) is 0 Å². The molecule has 0 aliphatic rings. The van der Waals surface area contributed by atoms with Crippen LogP contribution in [0.2, 0.25) is 0 Å². The van der Waals surface area contributed by atoms with Crippen LogP contribution < -0.4 is 0 Å². The van der Waals surface area contributed by atoms with Gasteiger partial charge in [-0.25, -0.2) is 4.85 Å². The van der Waals surface area contributed by atoms with Crippen molar-refractivity contribution in [3.8, 4) is 0 Å². The zero-order valence-corrected chi connectivity index (χ0v) is 4.99. The van der Waals surface area contributed by atoms with Crippen LogP contribution in [0.25, 0.3) is 4.85 Å². The van der Waals surface area contributed by atoms with Crippen molar-refractivity contribution < 1.29 is 0 Å². The van der Waals surface area contributed by atoms with Gasteiger partial charge in [0, 0.05) is 0 Å². The van der Waals surface area contributed by atoms with Gasteiger partial charge < -0.3 is 0 Å². The van der Waals surface area contributed by atoms with Crippen LogP contribution >= 0.6 is 15.9 Å². The van der Waals surface area contributed by atoms with E-state index in [9.17, 15) is 0 Å². The Kier molecular flexibility index (Phi) is 2.78. The second kappa shape index (κ2) is 2.92. The summed E-state index contributed by atoms with van der Waals surface area (Å²) in [6.45, 7) is 8.07. The topological polar surface area (TPSA) is 4.36 Å². The van der Waals surface area contributed by atoms with Crippen LogP contribution in [0, 0.1) is 6.57 Å². The molecule has 0 aliphatic carbocycles. The molecule has 0 N–H and O–H groups in total. The SMILES string of the molecule is [C-]#[N+]C(C)=CBr. The van der Waals surface area contributed by atoms with Gasteiger partial charge >= 0.3 is 0 Å². The van der Waals surface area contributed by atoms with Gasteiger partial charge in [0.25, 0.3) is 0 Å². The number of nitrogens with zero attached hydrogens (tertiary/aromatic N) is 1. The molecular formula is C4H4BrN. The zero-order valence-electron chi connectivity index (χ0n) is 3.40. The van der Waals surface area contributed by atoms with Crippen LogP contribution in [-0.4, -0.2) is 0 Å². The maximum absolute atomic E-state index is 6.34. The van der Waals surface area contributed by atoms with Crippen LogP contribution in [0.3, 0.4) is 0 Å². The third-order valence-electron chi connectivity index (χ3n) is 0.334. The second-order valence-electron chi connectivity index (χ2n) is 0.862. The fourth-order valence-corrected chi connectivity index (χ4v) is 0.127. The van der Waals surface area contributed by atoms with Crippen molar-refractivity contribution in [2.75, 3.05) is 0 Å². The van der Waals surface area contributed by atoms with Crippen LogP contribution in [0.15, 0.2) is 10.7 Å². The molecule has 2 heteroatoms. The van der Waals surface area contributed by atoms with Crippen molar-refractivity contribution in [2.24, 2.45) is 0 Å². The lowest BCUT2D eigenvalue weighted by molar-refractivity contribution is 1.56. The number of hydrogen-bond acceptors (Lipinski definition) is 0. The molecule has 0 unspecified atom stereocenters. The summed E-state index contributed by atoms with van der Waals surface area (Å²) in [4.78, 5) is 4.67. The van der Waals surface area contributed by atoms with Crippen molar-refractivity contribution in [3.05, 3.63) is 22.1 Å². The van der Waals surface area contributed by atoms with E-state index in [-0.39, 0.29) is 0 Å². The van der Waals surface area contributed by atoms with Crippen LogP contribution in [0.1, 0.15) is 6.92 Å². The molecule has 0 bridgehead atoms. The quantitative estimate of drug-likeness (QED) is 0.461. The van der Waals surface area contributed by atoms with Crippen molar-refractivity contribution in [1.29, 1.82) is 0 Å². The lowest BCUT2D eigenvalue weighted by Crippen LogP contribution is -1.50. The van der Waals surface area contributed by atoms with Gasteiger partial charge in [-0.05, 0) is 11.9 Å². The fraction of sp³-hybridized carbons (Fsp3) is 0.250. The van der Waals surface area contributed by atoms with Crippen LogP contribution in [0.5, 0.6) is 0 Å². The molecule has 0 aromatic rings. The van der Waals surface area contributed by atoms with E-state index in [1.54, 1.807) is 11.9 Å². The molecule has 32 valence electrons. The Morgan fingerprint density at radius 2 is 2.50 bits per heavy atom. The van der Waals surface area contributed by atoms with Crippen molar-refractivity contribution in [3.63, 3.8) is 0 Å². The Labute approximate surface area is 45.6 Å². The molecule has 0 heterocycles. The van der Waals surface area contributed by atoms with Gasteiger partial charge in [-0.3, -0.25) is 0 Å². The molecule has 1 nitrogen and oxygen atoms in total. The average molecular weight is 146 g/mol. The lowest BCUT2D eigenvalue weighted by Gasteiger charge is -1.69. The highest BCUT2D eigenvalue weighted by Crippen LogP contribution is 1.95. The van der Waals surface area contributed by atoms with Crippen molar-refractivity contribution in [2.45, 2.75) is 6.92 Å². The molecule has 0 atom stereocenters. The summed E-state index contributed by atoms with van der Waals surface area (Å²) in [5.74, 6) is 0. The summed E-state index contributed by atoms with van der Waals surface area (Å²) >= 11 is 3.00.